The fraction of sp³-hybridized carbons (Fsp3) is 0.0417. The van der Waals surface area contributed by atoms with E-state index in [9.17, 15) is 4.79 Å². The smallest absolute Gasteiger partial charge is 0.252 e. The summed E-state index contributed by atoms with van der Waals surface area (Å²) in [6.45, 7) is 0.382. The van der Waals surface area contributed by atoms with Crippen LogP contribution < -0.4 is 15.7 Å². The number of hydrazone groups is 1. The van der Waals surface area contributed by atoms with Crippen molar-refractivity contribution in [1.29, 1.82) is 0 Å². The number of anilines is 1. The van der Waals surface area contributed by atoms with Crippen LogP contribution in [0.5, 0.6) is 5.75 Å². The highest BCUT2D eigenvalue weighted by Gasteiger charge is 2.04. The molecular weight excluding hydrogens is 412 g/mol. The van der Waals surface area contributed by atoms with Crippen LogP contribution in [0.25, 0.3) is 11.3 Å². The number of halogens is 1. The molecule has 0 amide bonds. The molecule has 0 bridgehead atoms. The first-order valence-electron chi connectivity index (χ1n) is 9.59. The highest BCUT2D eigenvalue weighted by molar-refractivity contribution is 6.30. The molecule has 0 saturated heterocycles. The highest BCUT2D eigenvalue weighted by Crippen LogP contribution is 2.19. The first-order chi connectivity index (χ1) is 15.2. The number of nitrogens with zero attached hydrogens (tertiary/aromatic N) is 2. The number of rotatable bonds is 7. The van der Waals surface area contributed by atoms with Gasteiger partial charge in [-0.1, -0.05) is 66.2 Å². The molecule has 0 radical (unpaired) electrons. The molecule has 4 aromatic rings. The molecule has 0 unspecified atom stereocenters. The van der Waals surface area contributed by atoms with Gasteiger partial charge in [-0.05, 0) is 29.8 Å². The Morgan fingerprint density at radius 2 is 1.81 bits per heavy atom. The van der Waals surface area contributed by atoms with E-state index in [4.69, 9.17) is 16.3 Å². The zero-order chi connectivity index (χ0) is 21.5. The van der Waals surface area contributed by atoms with E-state index in [1.807, 2.05) is 78.9 Å². The maximum Gasteiger partial charge on any atom is 0.252 e. The maximum absolute atomic E-state index is 12.0. The number of hydrogen-bond donors (Lipinski definition) is 2. The Labute approximate surface area is 184 Å². The molecule has 2 N–H and O–H groups in total. The average molecular weight is 431 g/mol. The summed E-state index contributed by atoms with van der Waals surface area (Å²) in [5.74, 6) is 0.924. The molecule has 7 heteroatoms. The molecule has 0 spiro atoms. The second-order valence-electron chi connectivity index (χ2n) is 6.67. The fourth-order valence-electron chi connectivity index (χ4n) is 2.94. The van der Waals surface area contributed by atoms with Crippen LogP contribution in [-0.4, -0.2) is 16.2 Å². The zero-order valence-corrected chi connectivity index (χ0v) is 17.2. The molecule has 1 aromatic heterocycles. The quantitative estimate of drug-likeness (QED) is 0.315. The lowest BCUT2D eigenvalue weighted by Gasteiger charge is -2.09. The van der Waals surface area contributed by atoms with Crippen molar-refractivity contribution in [3.05, 3.63) is 111 Å². The van der Waals surface area contributed by atoms with Crippen molar-refractivity contribution in [3.63, 3.8) is 0 Å². The Morgan fingerprint density at radius 1 is 1.00 bits per heavy atom. The summed E-state index contributed by atoms with van der Waals surface area (Å²) in [7, 11) is 0. The SMILES string of the molecule is O=c1cc(-c2ccccc2)nc(N/N=C/c2ccccc2OCc2cccc(Cl)c2)[nH]1. The Hall–Kier alpha value is -3.90. The molecular formula is C24H19ClN4O2. The van der Waals surface area contributed by atoms with Crippen LogP contribution >= 0.6 is 11.6 Å². The average Bonchev–Trinajstić information content (AvgIpc) is 2.79. The minimum atomic E-state index is -0.267. The lowest BCUT2D eigenvalue weighted by Crippen LogP contribution is -2.10. The third-order valence-corrected chi connectivity index (χ3v) is 4.62. The molecule has 0 aliphatic heterocycles. The van der Waals surface area contributed by atoms with Crippen molar-refractivity contribution >= 4 is 23.8 Å². The van der Waals surface area contributed by atoms with Gasteiger partial charge in [0.1, 0.15) is 12.4 Å². The van der Waals surface area contributed by atoms with Gasteiger partial charge in [0.05, 0.1) is 11.9 Å². The molecule has 0 saturated carbocycles. The molecule has 4 rings (SSSR count). The first kappa shape index (κ1) is 20.4. The summed E-state index contributed by atoms with van der Waals surface area (Å²) in [6.07, 6.45) is 1.61. The van der Waals surface area contributed by atoms with E-state index in [1.54, 1.807) is 6.21 Å². The van der Waals surface area contributed by atoms with E-state index in [0.29, 0.717) is 23.1 Å². The lowest BCUT2D eigenvalue weighted by atomic mass is 10.1. The Bertz CT molecular complexity index is 1260. The minimum absolute atomic E-state index is 0.250. The first-order valence-corrected chi connectivity index (χ1v) is 9.97. The van der Waals surface area contributed by atoms with Gasteiger partial charge in [-0.25, -0.2) is 10.4 Å². The number of H-pyrrole nitrogens is 1. The fourth-order valence-corrected chi connectivity index (χ4v) is 3.15. The number of nitrogens with one attached hydrogen (secondary N) is 2. The van der Waals surface area contributed by atoms with Gasteiger partial charge in [0.2, 0.25) is 5.95 Å². The zero-order valence-electron chi connectivity index (χ0n) is 16.5. The van der Waals surface area contributed by atoms with Crippen LogP contribution in [0.4, 0.5) is 5.95 Å². The molecule has 3 aromatic carbocycles. The Kier molecular flexibility index (Phi) is 6.40. The second kappa shape index (κ2) is 9.73. The molecule has 0 aliphatic carbocycles. The van der Waals surface area contributed by atoms with Gasteiger partial charge in [0.15, 0.2) is 0 Å². The molecule has 6 nitrogen and oxygen atoms in total. The predicted octanol–water partition coefficient (Wildman–Crippen LogP) is 5.12. The van der Waals surface area contributed by atoms with E-state index >= 15 is 0 Å². The summed E-state index contributed by atoms with van der Waals surface area (Å²) >= 11 is 6.03. The van der Waals surface area contributed by atoms with E-state index in [2.05, 4.69) is 20.5 Å². The molecule has 31 heavy (non-hydrogen) atoms. The van der Waals surface area contributed by atoms with Crippen LogP contribution in [0.3, 0.4) is 0 Å². The van der Waals surface area contributed by atoms with Crippen LogP contribution in [-0.2, 0) is 6.61 Å². The van der Waals surface area contributed by atoms with Crippen LogP contribution in [0.2, 0.25) is 5.02 Å². The number of benzene rings is 3. The molecule has 0 aliphatic rings. The van der Waals surface area contributed by atoms with Crippen LogP contribution in [0.15, 0.2) is 94.8 Å². The third-order valence-electron chi connectivity index (χ3n) is 4.39. The summed E-state index contributed by atoms with van der Waals surface area (Å²) in [5.41, 5.74) is 5.67. The van der Waals surface area contributed by atoms with Gasteiger partial charge in [-0.2, -0.15) is 5.10 Å². The summed E-state index contributed by atoms with van der Waals surface area (Å²) in [4.78, 5) is 19.1. The Balaban J connectivity index is 1.47. The number of aromatic amines is 1. The number of ether oxygens (including phenoxy) is 1. The van der Waals surface area contributed by atoms with Crippen molar-refractivity contribution in [2.45, 2.75) is 6.61 Å². The lowest BCUT2D eigenvalue weighted by molar-refractivity contribution is 0.306. The van der Waals surface area contributed by atoms with Crippen LogP contribution in [0.1, 0.15) is 11.1 Å². The van der Waals surface area contributed by atoms with Gasteiger partial charge in [-0.15, -0.1) is 0 Å². The number of hydrogen-bond acceptors (Lipinski definition) is 5. The van der Waals surface area contributed by atoms with Crippen molar-refractivity contribution in [1.82, 2.24) is 9.97 Å². The van der Waals surface area contributed by atoms with E-state index in [0.717, 1.165) is 16.7 Å². The number of aromatic nitrogens is 2. The standard InChI is InChI=1S/C24H19ClN4O2/c25-20-11-6-7-17(13-20)16-31-22-12-5-4-10-19(22)15-26-29-24-27-21(14-23(30)28-24)18-8-2-1-3-9-18/h1-15H,16H2,(H2,27,28,29,30)/b26-15+. The highest BCUT2D eigenvalue weighted by atomic mass is 35.5. The maximum atomic E-state index is 12.0. The van der Waals surface area contributed by atoms with E-state index < -0.39 is 0 Å². The predicted molar refractivity (Wildman–Crippen MR) is 124 cm³/mol. The normalized spacial score (nSPS) is 10.9. The Morgan fingerprint density at radius 3 is 2.65 bits per heavy atom. The van der Waals surface area contributed by atoms with Crippen molar-refractivity contribution in [3.8, 4) is 17.0 Å². The van der Waals surface area contributed by atoms with Crippen molar-refractivity contribution < 1.29 is 4.74 Å². The topological polar surface area (TPSA) is 79.4 Å². The molecule has 0 fully saturated rings. The molecule has 1 heterocycles. The van der Waals surface area contributed by atoms with Gasteiger partial charge in [-0.3, -0.25) is 9.78 Å². The molecule has 154 valence electrons. The van der Waals surface area contributed by atoms with Crippen molar-refractivity contribution in [2.75, 3.05) is 5.43 Å². The van der Waals surface area contributed by atoms with Gasteiger partial charge in [0, 0.05) is 22.2 Å². The van der Waals surface area contributed by atoms with Gasteiger partial charge >= 0.3 is 0 Å². The largest absolute Gasteiger partial charge is 0.488 e. The molecule has 0 atom stereocenters. The van der Waals surface area contributed by atoms with Gasteiger partial charge < -0.3 is 4.74 Å². The minimum Gasteiger partial charge on any atom is -0.488 e. The monoisotopic (exact) mass is 430 g/mol. The van der Waals surface area contributed by atoms with Crippen molar-refractivity contribution in [2.24, 2.45) is 5.10 Å². The van der Waals surface area contributed by atoms with Crippen LogP contribution in [0, 0.1) is 0 Å². The summed E-state index contributed by atoms with van der Waals surface area (Å²) < 4.78 is 5.93. The summed E-state index contributed by atoms with van der Waals surface area (Å²) in [6, 6.07) is 26.0. The van der Waals surface area contributed by atoms with Gasteiger partial charge in [0.25, 0.3) is 5.56 Å². The summed E-state index contributed by atoms with van der Waals surface area (Å²) in [5, 5.41) is 4.87. The number of para-hydroxylation sites is 1. The second-order valence-corrected chi connectivity index (χ2v) is 7.11. The van der Waals surface area contributed by atoms with E-state index in [1.165, 1.54) is 6.07 Å². The van der Waals surface area contributed by atoms with E-state index in [-0.39, 0.29) is 11.5 Å². The third kappa shape index (κ3) is 5.58.